The minimum absolute atomic E-state index is 0.386. The van der Waals surface area contributed by atoms with E-state index in [2.05, 4.69) is 25.9 Å². The van der Waals surface area contributed by atoms with Crippen LogP contribution in [0.1, 0.15) is 90.4 Å². The molecule has 0 aromatic heterocycles. The van der Waals surface area contributed by atoms with Crippen LogP contribution in [-0.4, -0.2) is 59.9 Å². The van der Waals surface area contributed by atoms with E-state index in [1.807, 2.05) is 0 Å². The van der Waals surface area contributed by atoms with Gasteiger partial charge in [0.1, 0.15) is 0 Å². The van der Waals surface area contributed by atoms with E-state index in [0.717, 1.165) is 0 Å². The van der Waals surface area contributed by atoms with Gasteiger partial charge < -0.3 is 19.8 Å². The zero-order valence-electron chi connectivity index (χ0n) is 18.8. The molecule has 0 radical (unpaired) electrons. The molecule has 2 aliphatic heterocycles. The summed E-state index contributed by atoms with van der Waals surface area (Å²) < 4.78 is 5.26. The molecule has 0 saturated carbocycles. The molecule has 0 spiro atoms. The van der Waals surface area contributed by atoms with Gasteiger partial charge in [0.05, 0.1) is 24.0 Å². The first-order chi connectivity index (χ1) is 13.9. The first-order valence-corrected chi connectivity index (χ1v) is 11.6. The van der Waals surface area contributed by atoms with Crippen LogP contribution in [0, 0.1) is 11.8 Å². The fraction of sp³-hybridized carbons (Fsp3) is 0.913. The average Bonchev–Trinajstić information content (AvgIpc) is 3.28. The van der Waals surface area contributed by atoms with E-state index >= 15 is 0 Å². The third kappa shape index (κ3) is 9.94. The molecule has 2 bridgehead atoms. The Morgan fingerprint density at radius 3 is 1.48 bits per heavy atom. The molecule has 0 aliphatic carbocycles. The van der Waals surface area contributed by atoms with Crippen molar-refractivity contribution in [3.05, 3.63) is 0 Å². The Morgan fingerprint density at radius 2 is 1.14 bits per heavy atom. The van der Waals surface area contributed by atoms with Gasteiger partial charge in [0.15, 0.2) is 0 Å². The number of fused-ring (bicyclic) bond motifs is 2. The number of hydrogen-bond acceptors (Lipinski definition) is 4. The summed E-state index contributed by atoms with van der Waals surface area (Å²) in [5.74, 6) is -3.81. The minimum Gasteiger partial charge on any atom is -0.481 e. The van der Waals surface area contributed by atoms with Crippen LogP contribution in [0.5, 0.6) is 0 Å². The molecule has 4 unspecified atom stereocenters. The number of rotatable bonds is 14. The van der Waals surface area contributed by atoms with Crippen LogP contribution in [0.25, 0.3) is 0 Å². The predicted molar refractivity (Wildman–Crippen MR) is 115 cm³/mol. The van der Waals surface area contributed by atoms with E-state index in [-0.39, 0.29) is 12.2 Å². The van der Waals surface area contributed by atoms with Crippen molar-refractivity contribution in [3.63, 3.8) is 0 Å². The summed E-state index contributed by atoms with van der Waals surface area (Å²) in [4.78, 5) is 23.8. The lowest BCUT2D eigenvalue weighted by Crippen LogP contribution is -2.38. The normalized spacial score (nSPS) is 25.1. The number of ether oxygens (including phenoxy) is 1. The Balaban J connectivity index is 0.000000294. The van der Waals surface area contributed by atoms with Crippen molar-refractivity contribution < 1.29 is 24.5 Å². The third-order valence-corrected chi connectivity index (χ3v) is 6.05. The lowest BCUT2D eigenvalue weighted by molar-refractivity contribution is -0.154. The lowest BCUT2D eigenvalue weighted by atomic mass is 9.79. The topological polar surface area (TPSA) is 87.1 Å². The molecule has 2 heterocycles. The maximum absolute atomic E-state index is 10.8. The molecular formula is C23H43NO5. The Morgan fingerprint density at radius 1 is 0.759 bits per heavy atom. The monoisotopic (exact) mass is 413 g/mol. The highest BCUT2D eigenvalue weighted by Crippen LogP contribution is 2.43. The SMILES string of the molecule is CCCCCCCCCCCCCN(C)C.O=C(O)C1C2CCC(O2)C1C(=O)O. The van der Waals surface area contributed by atoms with E-state index < -0.39 is 23.8 Å². The quantitative estimate of drug-likeness (QED) is 0.398. The Hall–Kier alpha value is -1.14. The highest BCUT2D eigenvalue weighted by Gasteiger charge is 2.55. The van der Waals surface area contributed by atoms with Crippen molar-refractivity contribution in [3.8, 4) is 0 Å². The molecule has 2 N–H and O–H groups in total. The van der Waals surface area contributed by atoms with Gasteiger partial charge in [-0.25, -0.2) is 0 Å². The minimum atomic E-state index is -1.06. The molecule has 170 valence electrons. The van der Waals surface area contributed by atoms with E-state index in [1.165, 1.54) is 77.2 Å². The lowest BCUT2D eigenvalue weighted by Gasteiger charge is -2.20. The Bertz CT molecular complexity index is 442. The van der Waals surface area contributed by atoms with E-state index in [4.69, 9.17) is 14.9 Å². The predicted octanol–water partition coefficient (Wildman–Crippen LogP) is 4.81. The van der Waals surface area contributed by atoms with Crippen molar-refractivity contribution in [2.45, 2.75) is 103 Å². The van der Waals surface area contributed by atoms with Gasteiger partial charge in [-0.1, -0.05) is 71.1 Å². The Kier molecular flexibility index (Phi) is 13.2. The Labute approximate surface area is 177 Å². The largest absolute Gasteiger partial charge is 0.481 e. The first-order valence-electron chi connectivity index (χ1n) is 11.6. The zero-order chi connectivity index (χ0) is 21.6. The van der Waals surface area contributed by atoms with Crippen molar-refractivity contribution in [2.24, 2.45) is 11.8 Å². The van der Waals surface area contributed by atoms with Gasteiger partial charge in [0, 0.05) is 0 Å². The molecule has 6 heteroatoms. The van der Waals surface area contributed by atoms with Crippen LogP contribution in [0.4, 0.5) is 0 Å². The van der Waals surface area contributed by atoms with E-state index in [1.54, 1.807) is 0 Å². The number of carboxylic acid groups (broad SMARTS) is 2. The molecule has 2 fully saturated rings. The molecular weight excluding hydrogens is 370 g/mol. The van der Waals surface area contributed by atoms with Gasteiger partial charge in [-0.15, -0.1) is 0 Å². The highest BCUT2D eigenvalue weighted by molar-refractivity contribution is 5.82. The summed E-state index contributed by atoms with van der Waals surface area (Å²) >= 11 is 0. The van der Waals surface area contributed by atoms with Crippen LogP contribution in [0.2, 0.25) is 0 Å². The maximum atomic E-state index is 10.8. The van der Waals surface area contributed by atoms with Crippen molar-refractivity contribution in [1.82, 2.24) is 4.90 Å². The standard InChI is InChI=1S/C15H33N.C8H10O5/c1-4-5-6-7-8-9-10-11-12-13-14-15-16(2)3;9-7(10)5-3-1-2-4(13-3)6(5)8(11)12/h4-15H2,1-3H3;3-6H,1-2H2,(H,9,10)(H,11,12). The summed E-state index contributed by atoms with van der Waals surface area (Å²) in [7, 11) is 4.33. The van der Waals surface area contributed by atoms with Crippen molar-refractivity contribution in [1.29, 1.82) is 0 Å². The summed E-state index contributed by atoms with van der Waals surface area (Å²) in [6.07, 6.45) is 16.4. The molecule has 4 atom stereocenters. The first kappa shape index (κ1) is 25.9. The number of unbranched alkanes of at least 4 members (excludes halogenated alkanes) is 10. The van der Waals surface area contributed by atoms with Crippen LogP contribution in [-0.2, 0) is 14.3 Å². The van der Waals surface area contributed by atoms with Crippen LogP contribution < -0.4 is 0 Å². The summed E-state index contributed by atoms with van der Waals surface area (Å²) in [5, 5.41) is 17.6. The molecule has 0 aromatic rings. The fourth-order valence-corrected chi connectivity index (χ4v) is 4.40. The molecule has 6 nitrogen and oxygen atoms in total. The van der Waals surface area contributed by atoms with Crippen molar-refractivity contribution >= 4 is 11.9 Å². The maximum Gasteiger partial charge on any atom is 0.310 e. The van der Waals surface area contributed by atoms with Crippen LogP contribution in [0.3, 0.4) is 0 Å². The number of carboxylic acids is 2. The number of nitrogens with zero attached hydrogens (tertiary/aromatic N) is 1. The second-order valence-corrected chi connectivity index (χ2v) is 8.86. The number of hydrogen-bond donors (Lipinski definition) is 2. The van der Waals surface area contributed by atoms with Gasteiger partial charge >= 0.3 is 11.9 Å². The second kappa shape index (κ2) is 14.8. The second-order valence-electron chi connectivity index (χ2n) is 8.86. The van der Waals surface area contributed by atoms with Gasteiger partial charge in [-0.3, -0.25) is 9.59 Å². The number of carbonyl (C=O) groups is 2. The molecule has 0 aromatic carbocycles. The van der Waals surface area contributed by atoms with Gasteiger partial charge in [0.2, 0.25) is 0 Å². The average molecular weight is 414 g/mol. The highest BCUT2D eigenvalue weighted by atomic mass is 16.5. The van der Waals surface area contributed by atoms with E-state index in [9.17, 15) is 9.59 Å². The molecule has 2 aliphatic rings. The molecule has 2 rings (SSSR count). The van der Waals surface area contributed by atoms with Gasteiger partial charge in [0.25, 0.3) is 0 Å². The van der Waals surface area contributed by atoms with Crippen molar-refractivity contribution in [2.75, 3.05) is 20.6 Å². The number of aliphatic carboxylic acids is 2. The molecule has 2 saturated heterocycles. The summed E-state index contributed by atoms with van der Waals surface area (Å²) in [6, 6.07) is 0. The smallest absolute Gasteiger partial charge is 0.310 e. The fourth-order valence-electron chi connectivity index (χ4n) is 4.40. The molecule has 0 amide bonds. The zero-order valence-corrected chi connectivity index (χ0v) is 18.8. The van der Waals surface area contributed by atoms with Crippen LogP contribution in [0.15, 0.2) is 0 Å². The summed E-state index contributed by atoms with van der Waals surface area (Å²) in [6.45, 7) is 3.55. The van der Waals surface area contributed by atoms with E-state index in [0.29, 0.717) is 12.8 Å². The third-order valence-electron chi connectivity index (χ3n) is 6.05. The van der Waals surface area contributed by atoms with Gasteiger partial charge in [-0.2, -0.15) is 0 Å². The van der Waals surface area contributed by atoms with Gasteiger partial charge in [-0.05, 0) is 39.9 Å². The molecule has 29 heavy (non-hydrogen) atoms. The summed E-state index contributed by atoms with van der Waals surface area (Å²) in [5.41, 5.74) is 0. The van der Waals surface area contributed by atoms with Crippen LogP contribution >= 0.6 is 0 Å².